The molecule has 0 radical (unpaired) electrons. The average Bonchev–Trinajstić information content (AvgIpc) is 2.87. The van der Waals surface area contributed by atoms with Crippen molar-refractivity contribution in [1.29, 1.82) is 0 Å². The summed E-state index contributed by atoms with van der Waals surface area (Å²) in [5.41, 5.74) is 3.56. The van der Waals surface area contributed by atoms with E-state index < -0.39 is 11.6 Å². The van der Waals surface area contributed by atoms with E-state index in [1.54, 1.807) is 12.1 Å². The number of benzene rings is 3. The summed E-state index contributed by atoms with van der Waals surface area (Å²) in [6.07, 6.45) is 10.8. The van der Waals surface area contributed by atoms with Crippen LogP contribution in [0.5, 0.6) is 5.75 Å². The summed E-state index contributed by atoms with van der Waals surface area (Å²) >= 11 is 0. The SMILES string of the molecule is CCCCCCCCc1ccc(-c2ccc(-c3ccc(OCCCCC)cc3)cc2)c(F)c1F. The van der Waals surface area contributed by atoms with Gasteiger partial charge in [-0.05, 0) is 53.6 Å². The largest absolute Gasteiger partial charge is 0.494 e. The fourth-order valence-corrected chi connectivity index (χ4v) is 4.23. The number of hydrogen-bond acceptors (Lipinski definition) is 1. The summed E-state index contributed by atoms with van der Waals surface area (Å²) in [6, 6.07) is 19.1. The quantitative estimate of drug-likeness (QED) is 0.216. The summed E-state index contributed by atoms with van der Waals surface area (Å²) in [5.74, 6) is -0.583. The number of halogens is 2. The molecule has 0 aliphatic carbocycles. The molecule has 34 heavy (non-hydrogen) atoms. The summed E-state index contributed by atoms with van der Waals surface area (Å²) in [4.78, 5) is 0. The summed E-state index contributed by atoms with van der Waals surface area (Å²) in [5, 5.41) is 0. The number of aryl methyl sites for hydroxylation is 1. The van der Waals surface area contributed by atoms with Gasteiger partial charge in [0.15, 0.2) is 11.6 Å². The maximum absolute atomic E-state index is 14.9. The van der Waals surface area contributed by atoms with E-state index in [1.165, 1.54) is 32.1 Å². The average molecular weight is 465 g/mol. The molecule has 0 heterocycles. The Balaban J connectivity index is 1.61. The predicted molar refractivity (Wildman–Crippen MR) is 139 cm³/mol. The van der Waals surface area contributed by atoms with Gasteiger partial charge in [-0.25, -0.2) is 8.78 Å². The van der Waals surface area contributed by atoms with E-state index in [9.17, 15) is 8.78 Å². The zero-order valence-corrected chi connectivity index (χ0v) is 20.7. The highest BCUT2D eigenvalue weighted by Crippen LogP contribution is 2.30. The van der Waals surface area contributed by atoms with Gasteiger partial charge in [-0.15, -0.1) is 0 Å². The van der Waals surface area contributed by atoms with Gasteiger partial charge in [-0.2, -0.15) is 0 Å². The molecule has 0 unspecified atom stereocenters. The number of unbranched alkanes of at least 4 members (excludes halogenated alkanes) is 7. The normalized spacial score (nSPS) is 11.1. The minimum atomic E-state index is -0.749. The molecule has 3 rings (SSSR count). The minimum Gasteiger partial charge on any atom is -0.494 e. The number of ether oxygens (including phenoxy) is 1. The molecule has 0 amide bonds. The van der Waals surface area contributed by atoms with Crippen LogP contribution in [-0.4, -0.2) is 6.61 Å². The Labute approximate surface area is 204 Å². The standard InChI is InChI=1S/C31H38F2O/c1-3-5-7-8-9-10-12-27-19-22-29(31(33)30(27)32)26-15-13-24(14-16-26)25-17-20-28(21-18-25)34-23-11-6-4-2/h13-22H,3-12,23H2,1-2H3. The predicted octanol–water partition coefficient (Wildman–Crippen LogP) is 9.77. The van der Waals surface area contributed by atoms with Crippen LogP contribution in [-0.2, 0) is 6.42 Å². The number of hydrogen-bond donors (Lipinski definition) is 0. The molecule has 0 aliphatic heterocycles. The van der Waals surface area contributed by atoms with Crippen molar-refractivity contribution >= 4 is 0 Å². The molecular formula is C31H38F2O. The van der Waals surface area contributed by atoms with E-state index in [0.29, 0.717) is 23.1 Å². The Morgan fingerprint density at radius 3 is 1.79 bits per heavy atom. The summed E-state index contributed by atoms with van der Waals surface area (Å²) < 4.78 is 35.3. The van der Waals surface area contributed by atoms with Crippen LogP contribution in [0.2, 0.25) is 0 Å². The zero-order chi connectivity index (χ0) is 24.2. The molecule has 3 aromatic carbocycles. The highest BCUT2D eigenvalue weighted by molar-refractivity contribution is 5.71. The van der Waals surface area contributed by atoms with Crippen molar-refractivity contribution in [2.45, 2.75) is 78.1 Å². The first kappa shape index (κ1) is 25.9. The Kier molecular flexibility index (Phi) is 10.6. The lowest BCUT2D eigenvalue weighted by Crippen LogP contribution is -1.98. The van der Waals surface area contributed by atoms with Crippen molar-refractivity contribution in [3.05, 3.63) is 77.9 Å². The van der Waals surface area contributed by atoms with Gasteiger partial charge in [0.05, 0.1) is 6.61 Å². The van der Waals surface area contributed by atoms with Gasteiger partial charge in [0.25, 0.3) is 0 Å². The highest BCUT2D eigenvalue weighted by atomic mass is 19.2. The van der Waals surface area contributed by atoms with Crippen LogP contribution in [0.3, 0.4) is 0 Å². The Bertz CT molecular complexity index is 993. The third-order valence-electron chi connectivity index (χ3n) is 6.36. The Morgan fingerprint density at radius 2 is 1.12 bits per heavy atom. The topological polar surface area (TPSA) is 9.23 Å². The number of rotatable bonds is 14. The van der Waals surface area contributed by atoms with Crippen molar-refractivity contribution in [3.8, 4) is 28.0 Å². The highest BCUT2D eigenvalue weighted by Gasteiger charge is 2.14. The fourth-order valence-electron chi connectivity index (χ4n) is 4.23. The molecular weight excluding hydrogens is 426 g/mol. The summed E-state index contributed by atoms with van der Waals surface area (Å²) in [7, 11) is 0. The van der Waals surface area contributed by atoms with Gasteiger partial charge in [-0.3, -0.25) is 0 Å². The van der Waals surface area contributed by atoms with Gasteiger partial charge in [0.2, 0.25) is 0 Å². The smallest absolute Gasteiger partial charge is 0.166 e. The molecule has 0 N–H and O–H groups in total. The molecule has 3 heteroatoms. The van der Waals surface area contributed by atoms with Crippen LogP contribution in [0.1, 0.15) is 77.2 Å². The van der Waals surface area contributed by atoms with Crippen molar-refractivity contribution in [3.63, 3.8) is 0 Å². The van der Waals surface area contributed by atoms with Crippen LogP contribution in [0.25, 0.3) is 22.3 Å². The van der Waals surface area contributed by atoms with Crippen LogP contribution >= 0.6 is 0 Å². The van der Waals surface area contributed by atoms with E-state index in [-0.39, 0.29) is 0 Å². The van der Waals surface area contributed by atoms with Crippen LogP contribution in [0, 0.1) is 11.6 Å². The molecule has 0 saturated carbocycles. The van der Waals surface area contributed by atoms with Gasteiger partial charge < -0.3 is 4.74 Å². The van der Waals surface area contributed by atoms with Gasteiger partial charge in [0, 0.05) is 5.56 Å². The lowest BCUT2D eigenvalue weighted by Gasteiger charge is -2.10. The molecule has 1 nitrogen and oxygen atoms in total. The first-order valence-corrected chi connectivity index (χ1v) is 12.9. The third-order valence-corrected chi connectivity index (χ3v) is 6.36. The molecule has 0 fully saturated rings. The fraction of sp³-hybridized carbons (Fsp3) is 0.419. The molecule has 0 atom stereocenters. The molecule has 0 bridgehead atoms. The van der Waals surface area contributed by atoms with Crippen LogP contribution < -0.4 is 4.74 Å². The molecule has 182 valence electrons. The Morgan fingerprint density at radius 1 is 0.559 bits per heavy atom. The van der Waals surface area contributed by atoms with Gasteiger partial charge in [-0.1, -0.05) is 107 Å². The second-order valence-electron chi connectivity index (χ2n) is 9.08. The zero-order valence-electron chi connectivity index (χ0n) is 20.7. The van der Waals surface area contributed by atoms with Crippen molar-refractivity contribution in [2.24, 2.45) is 0 Å². The lowest BCUT2D eigenvalue weighted by atomic mass is 9.97. The second-order valence-corrected chi connectivity index (χ2v) is 9.08. The van der Waals surface area contributed by atoms with Crippen molar-refractivity contribution < 1.29 is 13.5 Å². The minimum absolute atomic E-state index is 0.312. The molecule has 3 aromatic rings. The lowest BCUT2D eigenvalue weighted by molar-refractivity contribution is 0.306. The van der Waals surface area contributed by atoms with E-state index in [2.05, 4.69) is 13.8 Å². The first-order chi connectivity index (χ1) is 16.6. The van der Waals surface area contributed by atoms with Gasteiger partial charge >= 0.3 is 0 Å². The van der Waals surface area contributed by atoms with Crippen LogP contribution in [0.4, 0.5) is 8.78 Å². The van der Waals surface area contributed by atoms with Gasteiger partial charge in [0.1, 0.15) is 5.75 Å². The maximum atomic E-state index is 14.9. The van der Waals surface area contributed by atoms with E-state index >= 15 is 0 Å². The van der Waals surface area contributed by atoms with E-state index in [1.807, 2.05) is 48.5 Å². The van der Waals surface area contributed by atoms with E-state index in [4.69, 9.17) is 4.74 Å². The second kappa shape index (κ2) is 13.9. The molecule has 0 saturated heterocycles. The molecule has 0 aliphatic rings. The monoisotopic (exact) mass is 464 g/mol. The molecule has 0 spiro atoms. The Hall–Kier alpha value is -2.68. The van der Waals surface area contributed by atoms with Crippen LogP contribution in [0.15, 0.2) is 60.7 Å². The van der Waals surface area contributed by atoms with Crippen molar-refractivity contribution in [1.82, 2.24) is 0 Å². The molecule has 0 aromatic heterocycles. The van der Waals surface area contributed by atoms with E-state index in [0.717, 1.165) is 49.2 Å². The maximum Gasteiger partial charge on any atom is 0.166 e. The van der Waals surface area contributed by atoms with Crippen molar-refractivity contribution in [2.75, 3.05) is 6.61 Å². The summed E-state index contributed by atoms with van der Waals surface area (Å²) in [6.45, 7) is 5.11. The first-order valence-electron chi connectivity index (χ1n) is 12.9. The third kappa shape index (κ3) is 7.41.